The minimum Gasteiger partial charge on any atom is -0.298 e. The van der Waals surface area contributed by atoms with Crippen LogP contribution in [0.1, 0.15) is 36.0 Å². The predicted molar refractivity (Wildman–Crippen MR) is 59.9 cm³/mol. The summed E-state index contributed by atoms with van der Waals surface area (Å²) in [4.78, 5) is 11.7. The van der Waals surface area contributed by atoms with Gasteiger partial charge in [0.1, 0.15) is 6.29 Å². The maximum atomic E-state index is 10.5. The average Bonchev–Trinajstić information content (AvgIpc) is 2.72. The molecule has 1 nitrogen and oxygen atoms in total. The standard InChI is InChI=1S/C12H14OS/c13-9-10-5-7-12(8-6-10)14-11-3-1-2-4-11/h5-9,11H,1-4H2. The van der Waals surface area contributed by atoms with Crippen LogP contribution in [0.5, 0.6) is 0 Å². The summed E-state index contributed by atoms with van der Waals surface area (Å²) >= 11 is 1.95. The highest BCUT2D eigenvalue weighted by atomic mass is 32.2. The van der Waals surface area contributed by atoms with E-state index >= 15 is 0 Å². The monoisotopic (exact) mass is 206 g/mol. The Kier molecular flexibility index (Phi) is 3.25. The highest BCUT2D eigenvalue weighted by Crippen LogP contribution is 2.34. The molecule has 0 aliphatic heterocycles. The van der Waals surface area contributed by atoms with E-state index in [1.54, 1.807) is 0 Å². The van der Waals surface area contributed by atoms with Gasteiger partial charge in [0.15, 0.2) is 0 Å². The lowest BCUT2D eigenvalue weighted by atomic mass is 10.2. The molecule has 1 aliphatic rings. The molecule has 1 saturated carbocycles. The summed E-state index contributed by atoms with van der Waals surface area (Å²) in [6, 6.07) is 7.88. The lowest BCUT2D eigenvalue weighted by Crippen LogP contribution is -1.92. The first-order valence-electron chi connectivity index (χ1n) is 5.10. The Morgan fingerprint density at radius 1 is 1.14 bits per heavy atom. The van der Waals surface area contributed by atoms with Gasteiger partial charge in [0.25, 0.3) is 0 Å². The van der Waals surface area contributed by atoms with Crippen molar-refractivity contribution < 1.29 is 4.79 Å². The molecule has 74 valence electrons. The van der Waals surface area contributed by atoms with Gasteiger partial charge in [-0.25, -0.2) is 0 Å². The number of aldehydes is 1. The van der Waals surface area contributed by atoms with Crippen LogP contribution in [0, 0.1) is 0 Å². The summed E-state index contributed by atoms with van der Waals surface area (Å²) in [5, 5.41) is 0.803. The number of carbonyl (C=O) groups excluding carboxylic acids is 1. The SMILES string of the molecule is O=Cc1ccc(SC2CCCC2)cc1. The van der Waals surface area contributed by atoms with Crippen molar-refractivity contribution in [3.8, 4) is 0 Å². The Morgan fingerprint density at radius 3 is 2.36 bits per heavy atom. The highest BCUT2D eigenvalue weighted by molar-refractivity contribution is 8.00. The van der Waals surface area contributed by atoms with E-state index in [4.69, 9.17) is 0 Å². The smallest absolute Gasteiger partial charge is 0.150 e. The second-order valence-corrected chi connectivity index (χ2v) is 5.08. The topological polar surface area (TPSA) is 17.1 Å². The van der Waals surface area contributed by atoms with E-state index in [2.05, 4.69) is 0 Å². The van der Waals surface area contributed by atoms with Crippen LogP contribution in [0.2, 0.25) is 0 Å². The predicted octanol–water partition coefficient (Wildman–Crippen LogP) is 3.53. The summed E-state index contributed by atoms with van der Waals surface area (Å²) in [6.07, 6.45) is 6.35. The van der Waals surface area contributed by atoms with Crippen LogP contribution < -0.4 is 0 Å². The molecule has 0 amide bonds. The molecule has 0 aromatic heterocycles. The van der Waals surface area contributed by atoms with Crippen molar-refractivity contribution in [2.45, 2.75) is 35.8 Å². The van der Waals surface area contributed by atoms with Crippen LogP contribution >= 0.6 is 11.8 Å². The maximum Gasteiger partial charge on any atom is 0.150 e. The summed E-state index contributed by atoms with van der Waals surface area (Å²) in [5.74, 6) is 0. The van der Waals surface area contributed by atoms with Crippen LogP contribution in [0.15, 0.2) is 29.2 Å². The average molecular weight is 206 g/mol. The molecule has 1 aromatic rings. The molecule has 2 heteroatoms. The first kappa shape index (κ1) is 9.78. The second-order valence-electron chi connectivity index (χ2n) is 3.71. The summed E-state index contributed by atoms with van der Waals surface area (Å²) < 4.78 is 0. The number of hydrogen-bond acceptors (Lipinski definition) is 2. The van der Waals surface area contributed by atoms with Gasteiger partial charge in [-0.15, -0.1) is 11.8 Å². The van der Waals surface area contributed by atoms with Crippen molar-refractivity contribution >= 4 is 18.0 Å². The Balaban J connectivity index is 1.98. The van der Waals surface area contributed by atoms with Gasteiger partial charge in [-0.2, -0.15) is 0 Å². The van der Waals surface area contributed by atoms with E-state index in [9.17, 15) is 4.79 Å². The molecule has 0 heterocycles. The van der Waals surface area contributed by atoms with Gasteiger partial charge >= 0.3 is 0 Å². The quantitative estimate of drug-likeness (QED) is 0.704. The van der Waals surface area contributed by atoms with Gasteiger partial charge in [-0.3, -0.25) is 4.79 Å². The Morgan fingerprint density at radius 2 is 1.79 bits per heavy atom. The Labute approximate surface area is 88.9 Å². The molecule has 1 aromatic carbocycles. The lowest BCUT2D eigenvalue weighted by Gasteiger charge is -2.07. The molecule has 0 radical (unpaired) electrons. The van der Waals surface area contributed by atoms with E-state index in [1.807, 2.05) is 36.0 Å². The molecule has 2 rings (SSSR count). The molecule has 0 bridgehead atoms. The largest absolute Gasteiger partial charge is 0.298 e. The zero-order valence-electron chi connectivity index (χ0n) is 8.11. The number of hydrogen-bond donors (Lipinski definition) is 0. The fraction of sp³-hybridized carbons (Fsp3) is 0.417. The van der Waals surface area contributed by atoms with E-state index < -0.39 is 0 Å². The van der Waals surface area contributed by atoms with Gasteiger partial charge in [0.05, 0.1) is 0 Å². The van der Waals surface area contributed by atoms with E-state index in [0.29, 0.717) is 0 Å². The molecular formula is C12H14OS. The van der Waals surface area contributed by atoms with Crippen molar-refractivity contribution in [1.82, 2.24) is 0 Å². The van der Waals surface area contributed by atoms with Crippen molar-refractivity contribution in [2.24, 2.45) is 0 Å². The van der Waals surface area contributed by atoms with Crippen molar-refractivity contribution in [3.63, 3.8) is 0 Å². The number of benzene rings is 1. The molecule has 14 heavy (non-hydrogen) atoms. The van der Waals surface area contributed by atoms with E-state index in [1.165, 1.54) is 30.6 Å². The van der Waals surface area contributed by atoms with Gasteiger partial charge in [0, 0.05) is 15.7 Å². The fourth-order valence-electron chi connectivity index (χ4n) is 1.82. The fourth-order valence-corrected chi connectivity index (χ4v) is 3.07. The summed E-state index contributed by atoms with van der Waals surface area (Å²) in [6.45, 7) is 0. The normalized spacial score (nSPS) is 17.1. The molecule has 0 saturated heterocycles. The van der Waals surface area contributed by atoms with E-state index in [-0.39, 0.29) is 0 Å². The lowest BCUT2D eigenvalue weighted by molar-refractivity contribution is 0.112. The van der Waals surface area contributed by atoms with Gasteiger partial charge in [-0.05, 0) is 25.0 Å². The van der Waals surface area contributed by atoms with Crippen LogP contribution in [-0.2, 0) is 0 Å². The minimum atomic E-state index is 0.765. The molecular weight excluding hydrogens is 192 g/mol. The third-order valence-electron chi connectivity index (χ3n) is 2.62. The summed E-state index contributed by atoms with van der Waals surface area (Å²) in [5.41, 5.74) is 0.765. The number of thioether (sulfide) groups is 1. The van der Waals surface area contributed by atoms with Gasteiger partial charge < -0.3 is 0 Å². The molecule has 1 fully saturated rings. The van der Waals surface area contributed by atoms with Crippen LogP contribution in [0.4, 0.5) is 0 Å². The third-order valence-corrected chi connectivity index (χ3v) is 3.97. The third kappa shape index (κ3) is 2.38. The minimum absolute atomic E-state index is 0.765. The van der Waals surface area contributed by atoms with Crippen molar-refractivity contribution in [1.29, 1.82) is 0 Å². The van der Waals surface area contributed by atoms with Crippen LogP contribution in [0.3, 0.4) is 0 Å². The van der Waals surface area contributed by atoms with Crippen LogP contribution in [-0.4, -0.2) is 11.5 Å². The van der Waals surface area contributed by atoms with Crippen molar-refractivity contribution in [2.75, 3.05) is 0 Å². The molecule has 0 N–H and O–H groups in total. The zero-order chi connectivity index (χ0) is 9.80. The van der Waals surface area contributed by atoms with Gasteiger partial charge in [0.2, 0.25) is 0 Å². The Bertz CT molecular complexity index is 299. The number of rotatable bonds is 3. The molecule has 0 atom stereocenters. The molecule has 0 unspecified atom stereocenters. The second kappa shape index (κ2) is 4.65. The van der Waals surface area contributed by atoms with Crippen molar-refractivity contribution in [3.05, 3.63) is 29.8 Å². The molecule has 0 spiro atoms. The number of carbonyl (C=O) groups is 1. The summed E-state index contributed by atoms with van der Waals surface area (Å²) in [7, 11) is 0. The molecule has 1 aliphatic carbocycles. The van der Waals surface area contributed by atoms with Gasteiger partial charge in [-0.1, -0.05) is 25.0 Å². The first-order chi connectivity index (χ1) is 6.88. The Hall–Kier alpha value is -0.760. The maximum absolute atomic E-state index is 10.5. The van der Waals surface area contributed by atoms with Crippen LogP contribution in [0.25, 0.3) is 0 Å². The first-order valence-corrected chi connectivity index (χ1v) is 5.98. The highest BCUT2D eigenvalue weighted by Gasteiger charge is 2.15. The van der Waals surface area contributed by atoms with E-state index in [0.717, 1.165) is 17.1 Å². The zero-order valence-corrected chi connectivity index (χ0v) is 8.93.